The van der Waals surface area contributed by atoms with Crippen LogP contribution in [-0.2, 0) is 24.2 Å². The van der Waals surface area contributed by atoms with E-state index in [1.54, 1.807) is 12.3 Å². The first-order valence-electron chi connectivity index (χ1n) is 8.40. The predicted octanol–water partition coefficient (Wildman–Crippen LogP) is 1.78. The third-order valence-corrected chi connectivity index (χ3v) is 4.24. The van der Waals surface area contributed by atoms with Gasteiger partial charge in [0, 0.05) is 25.7 Å². The summed E-state index contributed by atoms with van der Waals surface area (Å²) in [5, 5.41) is 21.7. The second kappa shape index (κ2) is 8.40. The average Bonchev–Trinajstić information content (AvgIpc) is 3.13. The first-order chi connectivity index (χ1) is 12.6. The van der Waals surface area contributed by atoms with E-state index in [1.165, 1.54) is 4.90 Å². The Balaban J connectivity index is 1.43. The van der Waals surface area contributed by atoms with E-state index in [0.717, 1.165) is 5.56 Å². The zero-order chi connectivity index (χ0) is 18.4. The predicted molar refractivity (Wildman–Crippen MR) is 88.1 cm³/mol. The van der Waals surface area contributed by atoms with Crippen LogP contribution < -0.4 is 0 Å². The van der Waals surface area contributed by atoms with Gasteiger partial charge in [-0.3, -0.25) is 0 Å². The number of piperidine rings is 1. The third-order valence-electron chi connectivity index (χ3n) is 4.24. The van der Waals surface area contributed by atoms with Gasteiger partial charge in [0.25, 0.3) is 0 Å². The smallest absolute Gasteiger partial charge is 0.407 e. The molecule has 0 bridgehead atoms. The van der Waals surface area contributed by atoms with Crippen molar-refractivity contribution in [3.63, 3.8) is 0 Å². The summed E-state index contributed by atoms with van der Waals surface area (Å²) in [5.41, 5.74) is 1.37. The highest BCUT2D eigenvalue weighted by Gasteiger charge is 2.23. The number of hydrogen-bond donors (Lipinski definition) is 1. The number of ether oxygens (including phenoxy) is 1. The summed E-state index contributed by atoms with van der Waals surface area (Å²) < 4.78 is 11.0. The van der Waals surface area contributed by atoms with E-state index < -0.39 is 6.09 Å². The monoisotopic (exact) mass is 357 g/mol. The lowest BCUT2D eigenvalue weighted by Crippen LogP contribution is -2.40. The molecule has 3 heterocycles. The Morgan fingerprint density at radius 3 is 2.96 bits per heavy atom. The van der Waals surface area contributed by atoms with Crippen molar-refractivity contribution in [1.82, 2.24) is 20.0 Å². The molecule has 0 saturated carbocycles. The zero-order valence-electron chi connectivity index (χ0n) is 14.2. The van der Waals surface area contributed by atoms with Gasteiger partial charge in [-0.2, -0.15) is 10.2 Å². The molecule has 0 aromatic carbocycles. The summed E-state index contributed by atoms with van der Waals surface area (Å²) in [6.45, 7) is 1.21. The van der Waals surface area contributed by atoms with Crippen LogP contribution in [0.4, 0.5) is 4.79 Å². The second-order valence-corrected chi connectivity index (χ2v) is 6.05. The molecule has 1 aliphatic heterocycles. The average molecular weight is 357 g/mol. The Morgan fingerprint density at radius 1 is 1.42 bits per heavy atom. The molecule has 9 heteroatoms. The normalized spacial score (nSPS) is 15.0. The Morgan fingerprint density at radius 2 is 2.23 bits per heavy atom. The van der Waals surface area contributed by atoms with Gasteiger partial charge in [0.05, 0.1) is 6.10 Å². The Bertz CT molecular complexity index is 792. The van der Waals surface area contributed by atoms with E-state index >= 15 is 0 Å². The quantitative estimate of drug-likeness (QED) is 0.829. The first kappa shape index (κ1) is 17.8. The molecule has 136 valence electrons. The van der Waals surface area contributed by atoms with Gasteiger partial charge >= 0.3 is 6.09 Å². The van der Waals surface area contributed by atoms with E-state index in [-0.39, 0.29) is 12.7 Å². The lowest BCUT2D eigenvalue weighted by Gasteiger charge is -2.29. The number of rotatable bonds is 6. The molecular formula is C17H19N5O4. The first-order valence-corrected chi connectivity index (χ1v) is 8.40. The maximum atomic E-state index is 10.9. The Kier molecular flexibility index (Phi) is 5.76. The van der Waals surface area contributed by atoms with E-state index in [4.69, 9.17) is 19.6 Å². The summed E-state index contributed by atoms with van der Waals surface area (Å²) >= 11 is 0. The molecule has 1 amide bonds. The Labute approximate surface area is 150 Å². The number of hydrogen-bond acceptors (Lipinski definition) is 7. The molecule has 0 radical (unpaired) electrons. The van der Waals surface area contributed by atoms with Crippen molar-refractivity contribution >= 4 is 6.09 Å². The van der Waals surface area contributed by atoms with Crippen molar-refractivity contribution in [3.05, 3.63) is 41.3 Å². The van der Waals surface area contributed by atoms with Crippen LogP contribution >= 0.6 is 0 Å². The van der Waals surface area contributed by atoms with Gasteiger partial charge in [-0.25, -0.2) is 9.78 Å². The number of likely N-dealkylation sites (tertiary alicyclic amines) is 1. The minimum Gasteiger partial charge on any atom is -0.465 e. The van der Waals surface area contributed by atoms with Crippen molar-refractivity contribution in [2.24, 2.45) is 0 Å². The van der Waals surface area contributed by atoms with Crippen LogP contribution in [0.25, 0.3) is 0 Å². The number of aryl methyl sites for hydroxylation is 2. The number of amides is 1. The molecule has 1 saturated heterocycles. The molecule has 0 spiro atoms. The van der Waals surface area contributed by atoms with Gasteiger partial charge in [0.15, 0.2) is 5.82 Å². The number of nitrogens with zero attached hydrogens (tertiary/aromatic N) is 5. The summed E-state index contributed by atoms with van der Waals surface area (Å²) in [6, 6.07) is 5.60. The van der Waals surface area contributed by atoms with Crippen LogP contribution in [0.2, 0.25) is 0 Å². The topological polar surface area (TPSA) is 125 Å². The SMILES string of the molecule is N#Cc1cc(CCc2nc(COC3CCN(C(=O)O)CC3)no2)ccn1. The maximum Gasteiger partial charge on any atom is 0.407 e. The zero-order valence-corrected chi connectivity index (χ0v) is 14.2. The largest absolute Gasteiger partial charge is 0.465 e. The molecule has 1 aliphatic rings. The van der Waals surface area contributed by atoms with Gasteiger partial charge in [0.1, 0.15) is 18.4 Å². The molecule has 1 N–H and O–H groups in total. The molecule has 2 aromatic rings. The highest BCUT2D eigenvalue weighted by Crippen LogP contribution is 2.15. The summed E-state index contributed by atoms with van der Waals surface area (Å²) in [7, 11) is 0. The highest BCUT2D eigenvalue weighted by atomic mass is 16.5. The molecule has 2 aromatic heterocycles. The summed E-state index contributed by atoms with van der Waals surface area (Å²) in [5.74, 6) is 0.993. The molecule has 0 aliphatic carbocycles. The van der Waals surface area contributed by atoms with E-state index in [0.29, 0.717) is 56.2 Å². The highest BCUT2D eigenvalue weighted by molar-refractivity contribution is 5.64. The molecule has 9 nitrogen and oxygen atoms in total. The second-order valence-electron chi connectivity index (χ2n) is 6.05. The lowest BCUT2D eigenvalue weighted by molar-refractivity contribution is -0.00294. The molecular weight excluding hydrogens is 338 g/mol. The standard InChI is InChI=1S/C17H19N5O4/c18-10-13-9-12(3-6-19-13)1-2-16-20-15(21-26-16)11-25-14-4-7-22(8-5-14)17(23)24/h3,6,9,14H,1-2,4-5,7-8,11H2,(H,23,24). The van der Waals surface area contributed by atoms with Gasteiger partial charge in [-0.15, -0.1) is 0 Å². The van der Waals surface area contributed by atoms with Crippen molar-refractivity contribution < 1.29 is 19.2 Å². The minimum atomic E-state index is -0.887. The molecule has 0 atom stereocenters. The van der Waals surface area contributed by atoms with Crippen molar-refractivity contribution in [3.8, 4) is 6.07 Å². The fourth-order valence-corrected chi connectivity index (χ4v) is 2.80. The van der Waals surface area contributed by atoms with Gasteiger partial charge in [-0.1, -0.05) is 5.16 Å². The van der Waals surface area contributed by atoms with E-state index in [2.05, 4.69) is 15.1 Å². The molecule has 0 unspecified atom stereocenters. The number of pyridine rings is 1. The van der Waals surface area contributed by atoms with Crippen LogP contribution in [0.15, 0.2) is 22.9 Å². The van der Waals surface area contributed by atoms with Crippen molar-refractivity contribution in [2.45, 2.75) is 38.4 Å². The van der Waals surface area contributed by atoms with Crippen LogP contribution in [0, 0.1) is 11.3 Å². The van der Waals surface area contributed by atoms with Crippen molar-refractivity contribution in [1.29, 1.82) is 5.26 Å². The number of aromatic nitrogens is 3. The van der Waals surface area contributed by atoms with Crippen molar-refractivity contribution in [2.75, 3.05) is 13.1 Å². The fourth-order valence-electron chi connectivity index (χ4n) is 2.80. The van der Waals surface area contributed by atoms with Crippen LogP contribution in [0.5, 0.6) is 0 Å². The lowest BCUT2D eigenvalue weighted by atomic mass is 10.1. The van der Waals surface area contributed by atoms with E-state index in [1.807, 2.05) is 12.1 Å². The van der Waals surface area contributed by atoms with Gasteiger partial charge in [0.2, 0.25) is 5.89 Å². The van der Waals surface area contributed by atoms with E-state index in [9.17, 15) is 4.79 Å². The maximum absolute atomic E-state index is 10.9. The summed E-state index contributed by atoms with van der Waals surface area (Å²) in [4.78, 5) is 20.5. The van der Waals surface area contributed by atoms with Crippen LogP contribution in [0.3, 0.4) is 0 Å². The molecule has 1 fully saturated rings. The summed E-state index contributed by atoms with van der Waals surface area (Å²) in [6.07, 6.45) is 3.31. The van der Waals surface area contributed by atoms with Crippen LogP contribution in [0.1, 0.15) is 35.8 Å². The molecule has 26 heavy (non-hydrogen) atoms. The third kappa shape index (κ3) is 4.77. The molecule has 3 rings (SSSR count). The minimum absolute atomic E-state index is 0.00812. The number of nitriles is 1. The van der Waals surface area contributed by atoms with Crippen LogP contribution in [-0.4, -0.2) is 50.4 Å². The Hall–Kier alpha value is -2.99. The van der Waals surface area contributed by atoms with Gasteiger partial charge in [-0.05, 0) is 37.0 Å². The number of carboxylic acid groups (broad SMARTS) is 1. The van der Waals surface area contributed by atoms with Gasteiger partial charge < -0.3 is 19.3 Å². The number of carbonyl (C=O) groups is 1. The fraction of sp³-hybridized carbons (Fsp3) is 0.471.